The van der Waals surface area contributed by atoms with Crippen molar-refractivity contribution in [2.24, 2.45) is 5.92 Å². The zero-order valence-electron chi connectivity index (χ0n) is 15.0. The Morgan fingerprint density at radius 2 is 2.04 bits per heavy atom. The molecule has 1 aromatic carbocycles. The zero-order valence-corrected chi connectivity index (χ0v) is 15.0. The highest BCUT2D eigenvalue weighted by Gasteiger charge is 2.28. The van der Waals surface area contributed by atoms with Gasteiger partial charge in [-0.15, -0.1) is 0 Å². The van der Waals surface area contributed by atoms with Gasteiger partial charge in [-0.1, -0.05) is 17.3 Å². The Balaban J connectivity index is 1.60. The van der Waals surface area contributed by atoms with Gasteiger partial charge in [0.2, 0.25) is 11.8 Å². The van der Waals surface area contributed by atoms with E-state index in [-0.39, 0.29) is 24.8 Å². The van der Waals surface area contributed by atoms with Crippen LogP contribution < -0.4 is 10.1 Å². The fourth-order valence-corrected chi connectivity index (χ4v) is 2.68. The second kappa shape index (κ2) is 8.03. The predicted molar refractivity (Wildman–Crippen MR) is 95.9 cm³/mol. The average Bonchev–Trinajstić information content (AvgIpc) is 3.35. The van der Waals surface area contributed by atoms with E-state index in [0.29, 0.717) is 24.0 Å². The molecule has 1 aliphatic rings. The molecule has 1 aromatic heterocycles. The molecule has 0 atom stereocenters. The Hall–Kier alpha value is -2.83. The molecule has 3 rings (SSSR count). The van der Waals surface area contributed by atoms with Gasteiger partial charge in [0, 0.05) is 12.6 Å². The Kier molecular flexibility index (Phi) is 5.55. The number of rotatable bonds is 8. The summed E-state index contributed by atoms with van der Waals surface area (Å²) < 4.78 is 10.1. The molecule has 1 fully saturated rings. The maximum absolute atomic E-state index is 12.7. The Labute approximate surface area is 152 Å². The molecule has 138 valence electrons. The van der Waals surface area contributed by atoms with Crippen LogP contribution in [0.5, 0.6) is 5.75 Å². The summed E-state index contributed by atoms with van der Waals surface area (Å²) >= 11 is 0. The molecule has 1 N–H and O–H groups in total. The molecule has 1 heterocycles. The lowest BCUT2D eigenvalue weighted by Gasteiger charge is -2.22. The molecule has 2 amide bonds. The lowest BCUT2D eigenvalue weighted by molar-refractivity contribution is -0.134. The normalized spacial score (nSPS) is 13.3. The van der Waals surface area contributed by atoms with E-state index in [0.717, 1.165) is 24.2 Å². The van der Waals surface area contributed by atoms with Crippen LogP contribution in [-0.2, 0) is 16.0 Å². The van der Waals surface area contributed by atoms with E-state index in [1.54, 1.807) is 25.0 Å². The number of nitrogens with zero attached hydrogens (tertiary/aromatic N) is 2. The van der Waals surface area contributed by atoms with Gasteiger partial charge in [-0.05, 0) is 43.4 Å². The van der Waals surface area contributed by atoms with Gasteiger partial charge in [-0.3, -0.25) is 9.59 Å². The summed E-state index contributed by atoms with van der Waals surface area (Å²) in [4.78, 5) is 26.6. The predicted octanol–water partition coefficient (Wildman–Crippen LogP) is 2.41. The number of carbonyl (C=O) groups excluding carboxylic acids is 2. The summed E-state index contributed by atoms with van der Waals surface area (Å²) in [5.41, 5.74) is 0.893. The number of aromatic nitrogens is 1. The van der Waals surface area contributed by atoms with Crippen molar-refractivity contribution in [1.29, 1.82) is 0 Å². The summed E-state index contributed by atoms with van der Waals surface area (Å²) in [5, 5.41) is 6.41. The Bertz CT molecular complexity index is 765. The van der Waals surface area contributed by atoms with Gasteiger partial charge < -0.3 is 19.5 Å². The van der Waals surface area contributed by atoms with Gasteiger partial charge in [0.25, 0.3) is 0 Å². The highest BCUT2D eigenvalue weighted by molar-refractivity contribution is 5.94. The van der Waals surface area contributed by atoms with Crippen LogP contribution in [0.25, 0.3) is 0 Å². The van der Waals surface area contributed by atoms with Crippen LogP contribution in [0.15, 0.2) is 34.9 Å². The van der Waals surface area contributed by atoms with Crippen LogP contribution in [0.2, 0.25) is 0 Å². The maximum Gasteiger partial charge on any atom is 0.245 e. The van der Waals surface area contributed by atoms with Crippen molar-refractivity contribution in [2.45, 2.75) is 26.2 Å². The van der Waals surface area contributed by atoms with Crippen LogP contribution in [0.3, 0.4) is 0 Å². The van der Waals surface area contributed by atoms with E-state index in [2.05, 4.69) is 10.5 Å². The molecule has 7 nitrogen and oxygen atoms in total. The number of amides is 2. The first kappa shape index (κ1) is 18.0. The van der Waals surface area contributed by atoms with Gasteiger partial charge >= 0.3 is 0 Å². The SMILES string of the molecule is COc1ccc(CC(=O)N(CC(=O)Nc2cc(C)on2)CC2CC2)cc1. The number of nitrogens with one attached hydrogen (secondary N) is 1. The number of aryl methyl sites for hydroxylation is 1. The van der Waals surface area contributed by atoms with Crippen molar-refractivity contribution in [3.05, 3.63) is 41.7 Å². The molecule has 0 aliphatic heterocycles. The van der Waals surface area contributed by atoms with Crippen LogP contribution >= 0.6 is 0 Å². The van der Waals surface area contributed by atoms with Crippen molar-refractivity contribution in [1.82, 2.24) is 10.1 Å². The van der Waals surface area contributed by atoms with Gasteiger partial charge in [-0.25, -0.2) is 0 Å². The largest absolute Gasteiger partial charge is 0.497 e. The third kappa shape index (κ3) is 5.08. The number of benzene rings is 1. The number of ether oxygens (including phenoxy) is 1. The van der Waals surface area contributed by atoms with Gasteiger partial charge in [0.1, 0.15) is 11.5 Å². The van der Waals surface area contributed by atoms with E-state index in [9.17, 15) is 9.59 Å². The second-order valence-electron chi connectivity index (χ2n) is 6.61. The van der Waals surface area contributed by atoms with E-state index >= 15 is 0 Å². The number of hydrogen-bond donors (Lipinski definition) is 1. The van der Waals surface area contributed by atoms with Crippen molar-refractivity contribution in [3.63, 3.8) is 0 Å². The van der Waals surface area contributed by atoms with E-state index < -0.39 is 0 Å². The van der Waals surface area contributed by atoms with E-state index in [1.165, 1.54) is 0 Å². The van der Waals surface area contributed by atoms with Crippen LogP contribution in [0.1, 0.15) is 24.2 Å². The van der Waals surface area contributed by atoms with Crippen molar-refractivity contribution >= 4 is 17.6 Å². The molecule has 7 heteroatoms. The number of anilines is 1. The fraction of sp³-hybridized carbons (Fsp3) is 0.421. The summed E-state index contributed by atoms with van der Waals surface area (Å²) in [5.74, 6) is 1.89. The van der Waals surface area contributed by atoms with Gasteiger partial charge in [-0.2, -0.15) is 0 Å². The third-order valence-electron chi connectivity index (χ3n) is 4.27. The topological polar surface area (TPSA) is 84.7 Å². The van der Waals surface area contributed by atoms with Gasteiger partial charge in [0.05, 0.1) is 20.1 Å². The molecule has 0 saturated heterocycles. The van der Waals surface area contributed by atoms with Crippen LogP contribution in [0.4, 0.5) is 5.82 Å². The molecule has 26 heavy (non-hydrogen) atoms. The molecule has 1 aliphatic carbocycles. The summed E-state index contributed by atoms with van der Waals surface area (Å²) in [6.07, 6.45) is 2.47. The standard InChI is InChI=1S/C19H23N3O4/c1-13-9-17(21-26-13)20-18(23)12-22(11-15-3-4-15)19(24)10-14-5-7-16(25-2)8-6-14/h5-9,15H,3-4,10-12H2,1-2H3,(H,20,21,23). The van der Waals surface area contributed by atoms with Gasteiger partial charge in [0.15, 0.2) is 5.82 Å². The zero-order chi connectivity index (χ0) is 18.5. The molecule has 2 aromatic rings. The fourth-order valence-electron chi connectivity index (χ4n) is 2.68. The molecule has 0 radical (unpaired) electrons. The molecular weight excluding hydrogens is 334 g/mol. The first-order chi connectivity index (χ1) is 12.5. The maximum atomic E-state index is 12.7. The highest BCUT2D eigenvalue weighted by atomic mass is 16.5. The molecular formula is C19H23N3O4. The summed E-state index contributed by atoms with van der Waals surface area (Å²) in [6.45, 7) is 2.37. The van der Waals surface area contributed by atoms with Crippen molar-refractivity contribution in [2.75, 3.05) is 25.5 Å². The smallest absolute Gasteiger partial charge is 0.245 e. The summed E-state index contributed by atoms with van der Waals surface area (Å²) in [7, 11) is 1.60. The minimum absolute atomic E-state index is 0.0113. The lowest BCUT2D eigenvalue weighted by Crippen LogP contribution is -2.40. The number of hydrogen-bond acceptors (Lipinski definition) is 5. The molecule has 0 unspecified atom stereocenters. The lowest BCUT2D eigenvalue weighted by atomic mass is 10.1. The first-order valence-electron chi connectivity index (χ1n) is 8.67. The summed E-state index contributed by atoms with van der Waals surface area (Å²) in [6, 6.07) is 9.03. The van der Waals surface area contributed by atoms with Crippen molar-refractivity contribution < 1.29 is 18.8 Å². The Morgan fingerprint density at radius 3 is 2.62 bits per heavy atom. The average molecular weight is 357 g/mol. The van der Waals surface area contributed by atoms with E-state index in [4.69, 9.17) is 9.26 Å². The Morgan fingerprint density at radius 1 is 1.31 bits per heavy atom. The monoisotopic (exact) mass is 357 g/mol. The number of methoxy groups -OCH3 is 1. The first-order valence-corrected chi connectivity index (χ1v) is 8.67. The minimum atomic E-state index is -0.276. The van der Waals surface area contributed by atoms with E-state index in [1.807, 2.05) is 24.3 Å². The van der Waals surface area contributed by atoms with Crippen molar-refractivity contribution in [3.8, 4) is 5.75 Å². The second-order valence-corrected chi connectivity index (χ2v) is 6.61. The highest BCUT2D eigenvalue weighted by Crippen LogP contribution is 2.30. The van der Waals surface area contributed by atoms with Crippen LogP contribution in [-0.4, -0.2) is 42.1 Å². The molecule has 1 saturated carbocycles. The molecule has 0 spiro atoms. The quantitative estimate of drug-likeness (QED) is 0.784. The minimum Gasteiger partial charge on any atom is -0.497 e. The molecule has 0 bridgehead atoms. The van der Waals surface area contributed by atoms with Crippen LogP contribution in [0, 0.1) is 12.8 Å². The third-order valence-corrected chi connectivity index (χ3v) is 4.27. The number of carbonyl (C=O) groups is 2.